The molecule has 1 aliphatic heterocycles. The Morgan fingerprint density at radius 3 is 2.52 bits per heavy atom. The molecule has 1 fully saturated rings. The summed E-state index contributed by atoms with van der Waals surface area (Å²) < 4.78 is 0. The number of carbonyl (C=O) groups excluding carboxylic acids is 1. The van der Waals surface area contributed by atoms with Crippen LogP contribution in [0.1, 0.15) is 24.8 Å². The van der Waals surface area contributed by atoms with Crippen LogP contribution in [0.4, 0.5) is 10.6 Å². The molecule has 1 aliphatic rings. The number of nitrogens with one attached hydrogen (secondary N) is 2. The van der Waals surface area contributed by atoms with Crippen molar-refractivity contribution in [3.8, 4) is 11.1 Å². The van der Waals surface area contributed by atoms with Gasteiger partial charge in [0, 0.05) is 18.5 Å². The molecule has 0 bridgehead atoms. The largest absolute Gasteiger partial charge is 0.324 e. The zero-order chi connectivity index (χ0) is 17.2. The van der Waals surface area contributed by atoms with Gasteiger partial charge in [-0.2, -0.15) is 5.10 Å². The van der Waals surface area contributed by atoms with Crippen LogP contribution >= 0.6 is 0 Å². The molecule has 2 aromatic carbocycles. The minimum absolute atomic E-state index is 0.0595. The molecule has 25 heavy (non-hydrogen) atoms. The lowest BCUT2D eigenvalue weighted by molar-refractivity contribution is 0.200. The summed E-state index contributed by atoms with van der Waals surface area (Å²) in [6.07, 6.45) is 3.36. The van der Waals surface area contributed by atoms with Gasteiger partial charge in [-0.05, 0) is 49.4 Å². The first-order valence-corrected chi connectivity index (χ1v) is 8.82. The molecule has 128 valence electrons. The monoisotopic (exact) mass is 334 g/mol. The van der Waals surface area contributed by atoms with Crippen molar-refractivity contribution < 1.29 is 4.79 Å². The van der Waals surface area contributed by atoms with E-state index < -0.39 is 0 Å². The summed E-state index contributed by atoms with van der Waals surface area (Å²) in [6, 6.07) is 14.5. The van der Waals surface area contributed by atoms with Gasteiger partial charge in [-0.3, -0.25) is 10.4 Å². The summed E-state index contributed by atoms with van der Waals surface area (Å²) >= 11 is 0. The van der Waals surface area contributed by atoms with E-state index in [0.717, 1.165) is 42.4 Å². The van der Waals surface area contributed by atoms with Gasteiger partial charge in [-0.25, -0.2) is 4.79 Å². The highest BCUT2D eigenvalue weighted by Crippen LogP contribution is 2.27. The number of amides is 2. The first-order valence-electron chi connectivity index (χ1n) is 8.82. The van der Waals surface area contributed by atoms with E-state index in [1.54, 1.807) is 0 Å². The third-order valence-corrected chi connectivity index (χ3v) is 4.82. The Morgan fingerprint density at radius 1 is 1.04 bits per heavy atom. The Labute approximate surface area is 147 Å². The topological polar surface area (TPSA) is 61.0 Å². The Bertz CT molecular complexity index is 892. The van der Waals surface area contributed by atoms with Crippen molar-refractivity contribution in [2.75, 3.05) is 18.4 Å². The second-order valence-electron chi connectivity index (χ2n) is 6.68. The highest BCUT2D eigenvalue weighted by molar-refractivity contribution is 6.00. The Hall–Kier alpha value is -2.82. The Balaban J connectivity index is 1.57. The van der Waals surface area contributed by atoms with Gasteiger partial charge >= 0.3 is 6.03 Å². The second-order valence-corrected chi connectivity index (χ2v) is 6.68. The number of aromatic nitrogens is 2. The standard InChI is InChI=1S/C20H22N4O/c1-14-5-7-15(8-6-14)16-9-10-17-18(13-16)22-23-19(17)21-20(25)24-11-3-2-4-12-24/h5-10,13H,2-4,11-12H2,1H3,(H2,21,22,23,25). The molecule has 0 aliphatic carbocycles. The van der Waals surface area contributed by atoms with E-state index >= 15 is 0 Å². The fourth-order valence-corrected chi connectivity index (χ4v) is 3.32. The lowest BCUT2D eigenvalue weighted by atomic mass is 10.0. The van der Waals surface area contributed by atoms with E-state index in [4.69, 9.17) is 0 Å². The normalized spacial score (nSPS) is 14.7. The zero-order valence-corrected chi connectivity index (χ0v) is 14.4. The average molecular weight is 334 g/mol. The average Bonchev–Trinajstić information content (AvgIpc) is 3.05. The fourth-order valence-electron chi connectivity index (χ4n) is 3.32. The number of aryl methyl sites for hydroxylation is 1. The van der Waals surface area contributed by atoms with Gasteiger partial charge in [0.15, 0.2) is 5.82 Å². The number of benzene rings is 2. The zero-order valence-electron chi connectivity index (χ0n) is 14.4. The SMILES string of the molecule is Cc1ccc(-c2ccc3c(NC(=O)N4CCCCC4)n[nH]c3c2)cc1. The number of aromatic amines is 1. The molecule has 1 aromatic heterocycles. The highest BCUT2D eigenvalue weighted by atomic mass is 16.2. The van der Waals surface area contributed by atoms with Gasteiger partial charge in [-0.1, -0.05) is 35.9 Å². The number of fused-ring (bicyclic) bond motifs is 1. The van der Waals surface area contributed by atoms with Gasteiger partial charge < -0.3 is 4.90 Å². The maximum absolute atomic E-state index is 12.4. The van der Waals surface area contributed by atoms with E-state index in [1.165, 1.54) is 17.5 Å². The first-order chi connectivity index (χ1) is 12.2. The molecular weight excluding hydrogens is 312 g/mol. The second kappa shape index (κ2) is 6.59. The van der Waals surface area contributed by atoms with Gasteiger partial charge in [0.2, 0.25) is 0 Å². The number of nitrogens with zero attached hydrogens (tertiary/aromatic N) is 2. The van der Waals surface area contributed by atoms with Crippen LogP contribution in [-0.4, -0.2) is 34.2 Å². The lowest BCUT2D eigenvalue weighted by Crippen LogP contribution is -2.38. The number of H-pyrrole nitrogens is 1. The number of carbonyl (C=O) groups is 1. The van der Waals surface area contributed by atoms with Gasteiger partial charge in [0.1, 0.15) is 0 Å². The molecule has 1 saturated heterocycles. The molecule has 0 radical (unpaired) electrons. The molecule has 2 N–H and O–H groups in total. The van der Waals surface area contributed by atoms with E-state index in [2.05, 4.69) is 58.8 Å². The molecule has 2 amide bonds. The van der Waals surface area contributed by atoms with Crippen molar-refractivity contribution in [1.29, 1.82) is 0 Å². The third kappa shape index (κ3) is 3.22. The number of likely N-dealkylation sites (tertiary alicyclic amines) is 1. The van der Waals surface area contributed by atoms with E-state index in [-0.39, 0.29) is 6.03 Å². The van der Waals surface area contributed by atoms with E-state index in [0.29, 0.717) is 5.82 Å². The highest BCUT2D eigenvalue weighted by Gasteiger charge is 2.18. The predicted octanol–water partition coefficient (Wildman–Crippen LogP) is 4.56. The minimum atomic E-state index is -0.0595. The number of hydrogen-bond donors (Lipinski definition) is 2. The van der Waals surface area contributed by atoms with E-state index in [1.807, 2.05) is 11.0 Å². The van der Waals surface area contributed by atoms with Gasteiger partial charge in [-0.15, -0.1) is 0 Å². The number of urea groups is 1. The van der Waals surface area contributed by atoms with Crippen molar-refractivity contribution in [1.82, 2.24) is 15.1 Å². The van der Waals surface area contributed by atoms with E-state index in [9.17, 15) is 4.79 Å². The molecule has 0 atom stereocenters. The van der Waals surface area contributed by atoms with Crippen molar-refractivity contribution in [2.45, 2.75) is 26.2 Å². The summed E-state index contributed by atoms with van der Waals surface area (Å²) in [4.78, 5) is 14.3. The Kier molecular flexibility index (Phi) is 4.14. The van der Waals surface area contributed by atoms with Crippen molar-refractivity contribution in [3.05, 3.63) is 48.0 Å². The summed E-state index contributed by atoms with van der Waals surface area (Å²) in [5, 5.41) is 11.2. The number of piperidine rings is 1. The maximum Gasteiger partial charge on any atom is 0.323 e. The molecule has 2 heterocycles. The number of rotatable bonds is 2. The first kappa shape index (κ1) is 15.7. The quantitative estimate of drug-likeness (QED) is 0.722. The molecule has 0 spiro atoms. The van der Waals surface area contributed by atoms with Crippen LogP contribution in [0.2, 0.25) is 0 Å². The summed E-state index contributed by atoms with van der Waals surface area (Å²) in [6.45, 7) is 3.73. The van der Waals surface area contributed by atoms with Crippen LogP contribution in [0.3, 0.4) is 0 Å². The molecule has 5 heteroatoms. The van der Waals surface area contributed by atoms with Crippen LogP contribution in [-0.2, 0) is 0 Å². The predicted molar refractivity (Wildman–Crippen MR) is 101 cm³/mol. The fraction of sp³-hybridized carbons (Fsp3) is 0.300. The van der Waals surface area contributed by atoms with Crippen molar-refractivity contribution in [3.63, 3.8) is 0 Å². The summed E-state index contributed by atoms with van der Waals surface area (Å²) in [7, 11) is 0. The van der Waals surface area contributed by atoms with Gasteiger partial charge in [0.05, 0.1) is 5.52 Å². The van der Waals surface area contributed by atoms with Crippen LogP contribution < -0.4 is 5.32 Å². The Morgan fingerprint density at radius 2 is 1.76 bits per heavy atom. The summed E-state index contributed by atoms with van der Waals surface area (Å²) in [5.74, 6) is 0.598. The van der Waals surface area contributed by atoms with Crippen LogP contribution in [0.5, 0.6) is 0 Å². The van der Waals surface area contributed by atoms with Crippen molar-refractivity contribution in [2.24, 2.45) is 0 Å². The van der Waals surface area contributed by atoms with Gasteiger partial charge in [0.25, 0.3) is 0 Å². The molecule has 0 unspecified atom stereocenters. The molecule has 3 aromatic rings. The third-order valence-electron chi connectivity index (χ3n) is 4.82. The molecule has 5 nitrogen and oxygen atoms in total. The maximum atomic E-state index is 12.4. The van der Waals surface area contributed by atoms with Crippen LogP contribution in [0.25, 0.3) is 22.0 Å². The molecular formula is C20H22N4O. The number of hydrogen-bond acceptors (Lipinski definition) is 2. The van der Waals surface area contributed by atoms with Crippen molar-refractivity contribution >= 4 is 22.8 Å². The minimum Gasteiger partial charge on any atom is -0.324 e. The smallest absolute Gasteiger partial charge is 0.323 e. The van der Waals surface area contributed by atoms with Crippen LogP contribution in [0, 0.1) is 6.92 Å². The summed E-state index contributed by atoms with van der Waals surface area (Å²) in [5.41, 5.74) is 4.46. The number of anilines is 1. The lowest BCUT2D eigenvalue weighted by Gasteiger charge is -2.26. The molecule has 0 saturated carbocycles. The molecule has 4 rings (SSSR count). The van der Waals surface area contributed by atoms with Crippen LogP contribution in [0.15, 0.2) is 42.5 Å².